The van der Waals surface area contributed by atoms with E-state index in [-0.39, 0.29) is 0 Å². The minimum Gasteiger partial charge on any atom is -0.388 e. The van der Waals surface area contributed by atoms with Crippen molar-refractivity contribution in [2.75, 3.05) is 17.2 Å². The lowest BCUT2D eigenvalue weighted by atomic mass is 10.0. The summed E-state index contributed by atoms with van der Waals surface area (Å²) in [4.78, 5) is 0. The Labute approximate surface area is 153 Å². The molecule has 0 spiro atoms. The van der Waals surface area contributed by atoms with Gasteiger partial charge >= 0.3 is 0 Å². The van der Waals surface area contributed by atoms with Gasteiger partial charge < -0.3 is 5.11 Å². The van der Waals surface area contributed by atoms with Crippen LogP contribution in [0.5, 0.6) is 0 Å². The second-order valence-corrected chi connectivity index (χ2v) is 8.43. The molecular weight excluding hydrogens is 336 g/mol. The highest BCUT2D eigenvalue weighted by Crippen LogP contribution is 2.23. The molecule has 1 atom stereocenters. The summed E-state index contributed by atoms with van der Waals surface area (Å²) in [6.45, 7) is 4.90. The maximum absolute atomic E-state index is 12.1. The molecule has 1 aromatic carbocycles. The monoisotopic (exact) mass is 370 g/mol. The summed E-state index contributed by atoms with van der Waals surface area (Å²) in [5.41, 5.74) is 4.41. The summed E-state index contributed by atoms with van der Waals surface area (Å²) in [7, 11) is -3.40. The molecule has 0 aliphatic rings. The maximum Gasteiger partial charge on any atom is 0.245 e. The first-order valence-electron chi connectivity index (χ1n) is 9.42. The van der Waals surface area contributed by atoms with Gasteiger partial charge in [0.1, 0.15) is 0 Å². The van der Waals surface area contributed by atoms with Gasteiger partial charge in [0, 0.05) is 6.54 Å². The zero-order valence-electron chi connectivity index (χ0n) is 15.9. The van der Waals surface area contributed by atoms with Gasteiger partial charge in [-0.3, -0.25) is 0 Å². The Bertz CT molecular complexity index is 573. The van der Waals surface area contributed by atoms with E-state index in [1.807, 2.05) is 12.1 Å². The number of hydrogen-bond acceptors (Lipinski definition) is 4. The van der Waals surface area contributed by atoms with Crippen LogP contribution in [0.15, 0.2) is 24.3 Å². The molecule has 0 heterocycles. The Morgan fingerprint density at radius 2 is 1.60 bits per heavy atom. The van der Waals surface area contributed by atoms with E-state index in [9.17, 15) is 13.5 Å². The van der Waals surface area contributed by atoms with Crippen molar-refractivity contribution in [3.63, 3.8) is 0 Å². The summed E-state index contributed by atoms with van der Waals surface area (Å²) in [6, 6.07) is 7.11. The highest BCUT2D eigenvalue weighted by Gasteiger charge is 2.17. The molecule has 0 saturated carbocycles. The van der Waals surface area contributed by atoms with Gasteiger partial charge in [-0.1, -0.05) is 64.5 Å². The lowest BCUT2D eigenvalue weighted by molar-refractivity contribution is 0.163. The number of rotatable bonds is 13. The number of aliphatic hydroxyl groups excluding tert-OH is 1. The smallest absolute Gasteiger partial charge is 0.245 e. The first kappa shape index (κ1) is 21.9. The average Bonchev–Trinajstić information content (AvgIpc) is 2.57. The molecule has 0 fully saturated rings. The highest BCUT2D eigenvalue weighted by atomic mass is 32.2. The van der Waals surface area contributed by atoms with Crippen LogP contribution in [0.4, 0.5) is 5.69 Å². The molecule has 0 saturated heterocycles. The third-order valence-electron chi connectivity index (χ3n) is 4.21. The number of nitrogens with zero attached hydrogens (tertiary/aromatic N) is 1. The van der Waals surface area contributed by atoms with E-state index in [0.717, 1.165) is 56.9 Å². The third-order valence-corrected chi connectivity index (χ3v) is 5.21. The number of aliphatic hydroxyl groups is 1. The SMILES string of the molecule is CCCCCCNN(c1ccc(C(O)CCCCC)cc1)S(C)(=O)=O. The second kappa shape index (κ2) is 11.5. The largest absolute Gasteiger partial charge is 0.388 e. The minimum absolute atomic E-state index is 0.491. The van der Waals surface area contributed by atoms with Crippen molar-refractivity contribution >= 4 is 15.7 Å². The molecule has 1 aromatic rings. The molecular formula is C19H34N2O3S. The fourth-order valence-electron chi connectivity index (χ4n) is 2.72. The number of hydrogen-bond donors (Lipinski definition) is 2. The van der Waals surface area contributed by atoms with E-state index >= 15 is 0 Å². The predicted octanol–water partition coefficient (Wildman–Crippen LogP) is 4.15. The minimum atomic E-state index is -3.40. The van der Waals surface area contributed by atoms with Gasteiger partial charge in [-0.15, -0.1) is 0 Å². The summed E-state index contributed by atoms with van der Waals surface area (Å²) < 4.78 is 25.3. The molecule has 0 bridgehead atoms. The van der Waals surface area contributed by atoms with Crippen LogP contribution in [0.1, 0.15) is 76.9 Å². The third kappa shape index (κ3) is 8.21. The second-order valence-electron chi connectivity index (χ2n) is 6.60. The topological polar surface area (TPSA) is 69.6 Å². The molecule has 0 aliphatic carbocycles. The van der Waals surface area contributed by atoms with Crippen LogP contribution in [0.2, 0.25) is 0 Å². The summed E-state index contributed by atoms with van der Waals surface area (Å²) >= 11 is 0. The first-order valence-corrected chi connectivity index (χ1v) is 11.3. The Balaban J connectivity index is 2.69. The number of hydrazine groups is 1. The van der Waals surface area contributed by atoms with Crippen LogP contribution in [-0.2, 0) is 10.0 Å². The summed E-state index contributed by atoms with van der Waals surface area (Å²) in [5.74, 6) is 0. The van der Waals surface area contributed by atoms with Crippen molar-refractivity contribution in [3.8, 4) is 0 Å². The van der Waals surface area contributed by atoms with Gasteiger partial charge in [-0.2, -0.15) is 0 Å². The number of nitrogens with one attached hydrogen (secondary N) is 1. The van der Waals surface area contributed by atoms with E-state index in [1.54, 1.807) is 12.1 Å². The molecule has 0 aliphatic heterocycles. The van der Waals surface area contributed by atoms with Crippen LogP contribution < -0.4 is 9.84 Å². The van der Waals surface area contributed by atoms with Crippen LogP contribution in [0, 0.1) is 0 Å². The first-order chi connectivity index (χ1) is 11.9. The van der Waals surface area contributed by atoms with Gasteiger partial charge in [-0.25, -0.2) is 18.3 Å². The number of benzene rings is 1. The lowest BCUT2D eigenvalue weighted by Crippen LogP contribution is -2.42. The van der Waals surface area contributed by atoms with E-state index in [0.29, 0.717) is 12.2 Å². The van der Waals surface area contributed by atoms with Crippen molar-refractivity contribution in [1.82, 2.24) is 5.43 Å². The summed E-state index contributed by atoms with van der Waals surface area (Å²) in [6.07, 6.45) is 9.00. The van der Waals surface area contributed by atoms with Gasteiger partial charge in [0.2, 0.25) is 10.0 Å². The lowest BCUT2D eigenvalue weighted by Gasteiger charge is -2.23. The molecule has 0 radical (unpaired) electrons. The quantitative estimate of drug-likeness (QED) is 0.404. The molecule has 144 valence electrons. The number of anilines is 1. The predicted molar refractivity (Wildman–Crippen MR) is 105 cm³/mol. The number of unbranched alkanes of at least 4 members (excludes halogenated alkanes) is 5. The normalized spacial score (nSPS) is 13.0. The van der Waals surface area contributed by atoms with Gasteiger partial charge in [-0.05, 0) is 30.5 Å². The van der Waals surface area contributed by atoms with Crippen molar-refractivity contribution in [2.24, 2.45) is 0 Å². The van der Waals surface area contributed by atoms with Gasteiger partial charge in [0.05, 0.1) is 18.0 Å². The molecule has 1 unspecified atom stereocenters. The number of sulfonamides is 1. The fourth-order valence-corrected chi connectivity index (χ4v) is 3.55. The highest BCUT2D eigenvalue weighted by molar-refractivity contribution is 7.92. The molecule has 0 amide bonds. The van der Waals surface area contributed by atoms with Crippen LogP contribution in [0.25, 0.3) is 0 Å². The van der Waals surface area contributed by atoms with Crippen molar-refractivity contribution in [3.05, 3.63) is 29.8 Å². The summed E-state index contributed by atoms with van der Waals surface area (Å²) in [5, 5.41) is 10.2. The van der Waals surface area contributed by atoms with Crippen LogP contribution in [-0.4, -0.2) is 26.3 Å². The van der Waals surface area contributed by atoms with Crippen molar-refractivity contribution in [2.45, 2.75) is 71.3 Å². The molecule has 5 nitrogen and oxygen atoms in total. The Morgan fingerprint density at radius 1 is 1.00 bits per heavy atom. The van der Waals surface area contributed by atoms with Crippen molar-refractivity contribution in [1.29, 1.82) is 0 Å². The van der Waals surface area contributed by atoms with E-state index in [1.165, 1.54) is 10.7 Å². The Hall–Kier alpha value is -1.11. The molecule has 25 heavy (non-hydrogen) atoms. The fraction of sp³-hybridized carbons (Fsp3) is 0.684. The van der Waals surface area contributed by atoms with Gasteiger partial charge in [0.25, 0.3) is 0 Å². The molecule has 2 N–H and O–H groups in total. The van der Waals surface area contributed by atoms with Crippen molar-refractivity contribution < 1.29 is 13.5 Å². The Kier molecular flexibility index (Phi) is 10.1. The standard InChI is InChI=1S/C19H34N2O3S/c1-4-6-8-10-16-20-21(25(3,23)24)18-14-12-17(13-15-18)19(22)11-9-7-5-2/h12-15,19-20,22H,4-11,16H2,1-3H3. The average molecular weight is 371 g/mol. The zero-order chi connectivity index (χ0) is 18.7. The van der Waals surface area contributed by atoms with Crippen LogP contribution in [0.3, 0.4) is 0 Å². The van der Waals surface area contributed by atoms with E-state index in [4.69, 9.17) is 0 Å². The molecule has 6 heteroatoms. The van der Waals surface area contributed by atoms with E-state index < -0.39 is 16.1 Å². The van der Waals surface area contributed by atoms with E-state index in [2.05, 4.69) is 19.3 Å². The van der Waals surface area contributed by atoms with Crippen LogP contribution >= 0.6 is 0 Å². The molecule has 0 aromatic heterocycles. The van der Waals surface area contributed by atoms with Gasteiger partial charge in [0.15, 0.2) is 0 Å². The Morgan fingerprint density at radius 3 is 2.16 bits per heavy atom. The zero-order valence-corrected chi connectivity index (χ0v) is 16.7. The maximum atomic E-state index is 12.1. The molecule has 1 rings (SSSR count).